The zero-order valence-corrected chi connectivity index (χ0v) is 8.13. The molecule has 0 aliphatic heterocycles. The van der Waals surface area contributed by atoms with Crippen LogP contribution in [0.3, 0.4) is 0 Å². The predicted octanol–water partition coefficient (Wildman–Crippen LogP) is 2.10. The quantitative estimate of drug-likeness (QED) is 0.846. The minimum absolute atomic E-state index is 0.140. The van der Waals surface area contributed by atoms with Crippen molar-refractivity contribution in [2.45, 2.75) is 13.3 Å². The maximum atomic E-state index is 10.6. The molecule has 1 heterocycles. The topological polar surface area (TPSA) is 50.2 Å². The van der Waals surface area contributed by atoms with Crippen LogP contribution in [0.2, 0.25) is 0 Å². The van der Waals surface area contributed by atoms with Gasteiger partial charge < -0.3 is 5.11 Å². The van der Waals surface area contributed by atoms with Crippen LogP contribution in [-0.4, -0.2) is 16.1 Å². The molecular weight excluding hydrogens is 222 g/mol. The van der Waals surface area contributed by atoms with Gasteiger partial charge in [0.15, 0.2) is 5.69 Å². The summed E-state index contributed by atoms with van der Waals surface area (Å²) in [5.74, 6) is -0.973. The van der Waals surface area contributed by atoms with Gasteiger partial charge in [0.1, 0.15) is 0 Å². The highest BCUT2D eigenvalue weighted by atomic mass is 79.9. The average molecular weight is 230 g/mol. The normalized spacial score (nSPS) is 9.83. The van der Waals surface area contributed by atoms with Crippen molar-refractivity contribution in [3.63, 3.8) is 0 Å². The second-order valence-corrected chi connectivity index (χ2v) is 3.24. The molecule has 1 aromatic rings. The van der Waals surface area contributed by atoms with Crippen LogP contribution >= 0.6 is 15.9 Å². The molecule has 0 aromatic carbocycles. The number of nitrogens with zero attached hydrogens (tertiary/aromatic N) is 1. The molecule has 0 aliphatic carbocycles. The van der Waals surface area contributed by atoms with E-state index < -0.39 is 5.97 Å². The van der Waals surface area contributed by atoms with Gasteiger partial charge in [0, 0.05) is 10.7 Å². The lowest BCUT2D eigenvalue weighted by atomic mass is 10.1. The molecule has 1 aromatic heterocycles. The first kappa shape index (κ1) is 9.19. The molecule has 1 N–H and O–H groups in total. The van der Waals surface area contributed by atoms with E-state index in [9.17, 15) is 4.79 Å². The van der Waals surface area contributed by atoms with Crippen LogP contribution in [0.5, 0.6) is 0 Å². The van der Waals surface area contributed by atoms with Crippen LogP contribution in [-0.2, 0) is 6.42 Å². The van der Waals surface area contributed by atoms with E-state index in [0.717, 1.165) is 10.0 Å². The van der Waals surface area contributed by atoms with Gasteiger partial charge >= 0.3 is 5.97 Å². The number of carboxylic acids is 1. The third-order valence-corrected chi connectivity index (χ3v) is 1.95. The highest BCUT2D eigenvalue weighted by molar-refractivity contribution is 9.10. The largest absolute Gasteiger partial charge is 0.477 e. The van der Waals surface area contributed by atoms with Crippen molar-refractivity contribution in [3.05, 3.63) is 28.0 Å². The van der Waals surface area contributed by atoms with Gasteiger partial charge in [-0.05, 0) is 34.0 Å². The standard InChI is InChI=1S/C8H8BrNO2/c1-2-5-3-6(9)4-10-7(5)8(11)12/h3-4H,2H2,1H3,(H,11,12). The number of halogens is 1. The highest BCUT2D eigenvalue weighted by Gasteiger charge is 2.09. The summed E-state index contributed by atoms with van der Waals surface area (Å²) in [7, 11) is 0. The summed E-state index contributed by atoms with van der Waals surface area (Å²) in [6, 6.07) is 1.77. The lowest BCUT2D eigenvalue weighted by Gasteiger charge is -2.01. The number of aryl methyl sites for hydroxylation is 1. The molecule has 0 aliphatic rings. The van der Waals surface area contributed by atoms with Gasteiger partial charge in [-0.3, -0.25) is 0 Å². The van der Waals surface area contributed by atoms with E-state index in [4.69, 9.17) is 5.11 Å². The second-order valence-electron chi connectivity index (χ2n) is 2.32. The number of carboxylic acid groups (broad SMARTS) is 1. The van der Waals surface area contributed by atoms with Crippen molar-refractivity contribution < 1.29 is 9.90 Å². The Hall–Kier alpha value is -0.900. The van der Waals surface area contributed by atoms with Gasteiger partial charge in [-0.1, -0.05) is 6.92 Å². The van der Waals surface area contributed by atoms with E-state index in [0.29, 0.717) is 6.42 Å². The summed E-state index contributed by atoms with van der Waals surface area (Å²) in [4.78, 5) is 14.4. The van der Waals surface area contributed by atoms with E-state index in [1.807, 2.05) is 6.92 Å². The highest BCUT2D eigenvalue weighted by Crippen LogP contribution is 2.14. The summed E-state index contributed by atoms with van der Waals surface area (Å²) >= 11 is 3.23. The number of pyridine rings is 1. The number of aromatic nitrogens is 1. The molecule has 0 saturated heterocycles. The van der Waals surface area contributed by atoms with E-state index in [1.165, 1.54) is 6.20 Å². The first-order chi connectivity index (χ1) is 5.65. The summed E-state index contributed by atoms with van der Waals surface area (Å²) in [6.07, 6.45) is 2.16. The van der Waals surface area contributed by atoms with Crippen molar-refractivity contribution in [2.24, 2.45) is 0 Å². The Labute approximate surface area is 78.6 Å². The zero-order valence-electron chi connectivity index (χ0n) is 6.54. The minimum atomic E-state index is -0.973. The van der Waals surface area contributed by atoms with E-state index in [1.54, 1.807) is 6.07 Å². The molecule has 0 unspecified atom stereocenters. The van der Waals surface area contributed by atoms with Gasteiger partial charge in [0.2, 0.25) is 0 Å². The van der Waals surface area contributed by atoms with Gasteiger partial charge in [-0.15, -0.1) is 0 Å². The fourth-order valence-corrected chi connectivity index (χ4v) is 1.32. The Bertz CT molecular complexity index is 312. The summed E-state index contributed by atoms with van der Waals surface area (Å²) < 4.78 is 0.810. The van der Waals surface area contributed by atoms with Crippen molar-refractivity contribution in [3.8, 4) is 0 Å². The monoisotopic (exact) mass is 229 g/mol. The van der Waals surface area contributed by atoms with Gasteiger partial charge in [-0.2, -0.15) is 0 Å². The van der Waals surface area contributed by atoms with Crippen LogP contribution in [0.15, 0.2) is 16.7 Å². The summed E-state index contributed by atoms with van der Waals surface area (Å²) in [6.45, 7) is 1.90. The number of aromatic carboxylic acids is 1. The van der Waals surface area contributed by atoms with Crippen LogP contribution in [0.1, 0.15) is 23.0 Å². The SMILES string of the molecule is CCc1cc(Br)cnc1C(=O)O. The maximum Gasteiger partial charge on any atom is 0.354 e. The van der Waals surface area contributed by atoms with Crippen molar-refractivity contribution in [1.29, 1.82) is 0 Å². The molecule has 3 nitrogen and oxygen atoms in total. The van der Waals surface area contributed by atoms with Crippen LogP contribution < -0.4 is 0 Å². The van der Waals surface area contributed by atoms with Crippen LogP contribution in [0.25, 0.3) is 0 Å². The Morgan fingerprint density at radius 1 is 1.75 bits per heavy atom. The number of carbonyl (C=O) groups is 1. The molecular formula is C8H8BrNO2. The predicted molar refractivity (Wildman–Crippen MR) is 48.3 cm³/mol. The van der Waals surface area contributed by atoms with E-state index in [-0.39, 0.29) is 5.69 Å². The first-order valence-electron chi connectivity index (χ1n) is 3.53. The van der Waals surface area contributed by atoms with E-state index >= 15 is 0 Å². The Balaban J connectivity index is 3.20. The summed E-state index contributed by atoms with van der Waals surface area (Å²) in [5.41, 5.74) is 0.887. The Kier molecular flexibility index (Phi) is 2.81. The van der Waals surface area contributed by atoms with Gasteiger partial charge in [-0.25, -0.2) is 9.78 Å². The lowest BCUT2D eigenvalue weighted by molar-refractivity contribution is 0.0689. The van der Waals surface area contributed by atoms with Crippen molar-refractivity contribution >= 4 is 21.9 Å². The smallest absolute Gasteiger partial charge is 0.354 e. The average Bonchev–Trinajstić information content (AvgIpc) is 2.03. The Morgan fingerprint density at radius 2 is 2.42 bits per heavy atom. The first-order valence-corrected chi connectivity index (χ1v) is 4.32. The maximum absolute atomic E-state index is 10.6. The fraction of sp³-hybridized carbons (Fsp3) is 0.250. The lowest BCUT2D eigenvalue weighted by Crippen LogP contribution is -2.04. The van der Waals surface area contributed by atoms with Crippen molar-refractivity contribution in [2.75, 3.05) is 0 Å². The summed E-state index contributed by atoms with van der Waals surface area (Å²) in [5, 5.41) is 8.71. The van der Waals surface area contributed by atoms with Gasteiger partial charge in [0.05, 0.1) is 0 Å². The molecule has 0 amide bonds. The molecule has 0 fully saturated rings. The fourth-order valence-electron chi connectivity index (χ4n) is 0.943. The number of hydrogen-bond acceptors (Lipinski definition) is 2. The molecule has 0 bridgehead atoms. The Morgan fingerprint density at radius 3 is 2.92 bits per heavy atom. The third-order valence-electron chi connectivity index (χ3n) is 1.52. The van der Waals surface area contributed by atoms with Gasteiger partial charge in [0.25, 0.3) is 0 Å². The molecule has 64 valence electrons. The van der Waals surface area contributed by atoms with Crippen molar-refractivity contribution in [1.82, 2.24) is 4.98 Å². The molecule has 0 atom stereocenters. The third kappa shape index (κ3) is 1.82. The molecule has 4 heteroatoms. The molecule has 12 heavy (non-hydrogen) atoms. The number of hydrogen-bond donors (Lipinski definition) is 1. The molecule has 0 saturated carbocycles. The zero-order chi connectivity index (χ0) is 9.14. The molecule has 0 spiro atoms. The van der Waals surface area contributed by atoms with Crippen LogP contribution in [0.4, 0.5) is 0 Å². The second kappa shape index (κ2) is 3.67. The van der Waals surface area contributed by atoms with Crippen LogP contribution in [0, 0.1) is 0 Å². The minimum Gasteiger partial charge on any atom is -0.477 e. The molecule has 0 radical (unpaired) electrons. The van der Waals surface area contributed by atoms with E-state index in [2.05, 4.69) is 20.9 Å². The number of rotatable bonds is 2. The molecule has 1 rings (SSSR count).